The van der Waals surface area contributed by atoms with Gasteiger partial charge in [-0.15, -0.1) is 0 Å². The van der Waals surface area contributed by atoms with E-state index in [1.54, 1.807) is 0 Å². The third kappa shape index (κ3) is 3.78. The van der Waals surface area contributed by atoms with Crippen LogP contribution in [0.4, 0.5) is 0 Å². The molecular weight excluding hydrogens is 322 g/mol. The quantitative estimate of drug-likeness (QED) is 0.858. The summed E-state index contributed by atoms with van der Waals surface area (Å²) < 4.78 is 6.88. The Morgan fingerprint density at radius 3 is 2.53 bits per heavy atom. The molecule has 0 heterocycles. The lowest BCUT2D eigenvalue weighted by Crippen LogP contribution is -2.09. The van der Waals surface area contributed by atoms with Gasteiger partial charge in [-0.3, -0.25) is 0 Å². The molecule has 2 nitrogen and oxygen atoms in total. The third-order valence-electron chi connectivity index (χ3n) is 2.78. The predicted molar refractivity (Wildman–Crippen MR) is 85.5 cm³/mol. The number of rotatable bonds is 4. The molecule has 0 aliphatic carbocycles. The summed E-state index contributed by atoms with van der Waals surface area (Å²) in [6.45, 7) is 2.52. The molecule has 0 aromatic heterocycles. The average molecular weight is 336 g/mol. The van der Waals surface area contributed by atoms with Crippen molar-refractivity contribution in [1.29, 1.82) is 0 Å². The van der Waals surface area contributed by atoms with E-state index in [2.05, 4.69) is 15.9 Å². The van der Waals surface area contributed by atoms with E-state index in [0.717, 1.165) is 26.9 Å². The maximum absolute atomic E-state index is 5.82. The molecule has 98 valence electrons. The van der Waals surface area contributed by atoms with Gasteiger partial charge in [-0.25, -0.2) is 0 Å². The molecule has 2 aromatic carbocycles. The van der Waals surface area contributed by atoms with E-state index in [9.17, 15) is 0 Å². The highest BCUT2D eigenvalue weighted by molar-refractivity contribution is 9.10. The van der Waals surface area contributed by atoms with E-state index in [1.165, 1.54) is 0 Å². The van der Waals surface area contributed by atoms with E-state index in [4.69, 9.17) is 22.7 Å². The molecule has 0 unspecified atom stereocenters. The van der Waals surface area contributed by atoms with Crippen LogP contribution < -0.4 is 10.5 Å². The van der Waals surface area contributed by atoms with Gasteiger partial charge < -0.3 is 10.5 Å². The monoisotopic (exact) mass is 335 g/mol. The number of ether oxygens (including phenoxy) is 1. The lowest BCUT2D eigenvalue weighted by atomic mass is 10.1. The molecule has 19 heavy (non-hydrogen) atoms. The maximum atomic E-state index is 5.82. The number of thiocarbonyl (C=S) groups is 1. The lowest BCUT2D eigenvalue weighted by Gasteiger charge is -2.11. The molecular formula is C15H14BrNOS. The SMILES string of the molecule is Cc1ccc(C(N)=S)cc1OCc1ccc(Br)cc1. The van der Waals surface area contributed by atoms with Gasteiger partial charge in [0.15, 0.2) is 0 Å². The van der Waals surface area contributed by atoms with Crippen LogP contribution in [0.2, 0.25) is 0 Å². The number of aryl methyl sites for hydroxylation is 1. The van der Waals surface area contributed by atoms with Crippen LogP contribution in [0.5, 0.6) is 5.75 Å². The van der Waals surface area contributed by atoms with Crippen LogP contribution in [0, 0.1) is 6.92 Å². The van der Waals surface area contributed by atoms with Crippen molar-refractivity contribution in [2.24, 2.45) is 5.73 Å². The van der Waals surface area contributed by atoms with E-state index >= 15 is 0 Å². The smallest absolute Gasteiger partial charge is 0.123 e. The van der Waals surface area contributed by atoms with Crippen LogP contribution >= 0.6 is 28.1 Å². The first kappa shape index (κ1) is 14.0. The van der Waals surface area contributed by atoms with Crippen LogP contribution in [0.3, 0.4) is 0 Å². The molecule has 2 aromatic rings. The molecule has 0 saturated heterocycles. The van der Waals surface area contributed by atoms with Crippen molar-refractivity contribution >= 4 is 33.1 Å². The Morgan fingerprint density at radius 2 is 1.89 bits per heavy atom. The first-order valence-corrected chi connectivity index (χ1v) is 7.04. The molecule has 0 bridgehead atoms. The molecule has 0 amide bonds. The van der Waals surface area contributed by atoms with Crippen molar-refractivity contribution < 1.29 is 4.74 Å². The number of hydrogen-bond donors (Lipinski definition) is 1. The highest BCUT2D eigenvalue weighted by Gasteiger charge is 2.04. The molecule has 0 atom stereocenters. The van der Waals surface area contributed by atoms with Gasteiger partial charge in [0.1, 0.15) is 17.3 Å². The van der Waals surface area contributed by atoms with Gasteiger partial charge in [-0.2, -0.15) is 0 Å². The normalized spacial score (nSPS) is 10.2. The second-order valence-electron chi connectivity index (χ2n) is 4.26. The van der Waals surface area contributed by atoms with Gasteiger partial charge in [0.2, 0.25) is 0 Å². The molecule has 0 aliphatic rings. The van der Waals surface area contributed by atoms with Crippen molar-refractivity contribution in [2.45, 2.75) is 13.5 Å². The van der Waals surface area contributed by atoms with E-state index in [-0.39, 0.29) is 0 Å². The van der Waals surface area contributed by atoms with Crippen molar-refractivity contribution in [3.05, 3.63) is 63.6 Å². The maximum Gasteiger partial charge on any atom is 0.123 e. The number of benzene rings is 2. The zero-order valence-corrected chi connectivity index (χ0v) is 12.9. The van der Waals surface area contributed by atoms with Crippen molar-refractivity contribution in [1.82, 2.24) is 0 Å². The van der Waals surface area contributed by atoms with Crippen LogP contribution in [0.25, 0.3) is 0 Å². The fraction of sp³-hybridized carbons (Fsp3) is 0.133. The second kappa shape index (κ2) is 6.17. The summed E-state index contributed by atoms with van der Waals surface area (Å²) in [5.41, 5.74) is 8.63. The highest BCUT2D eigenvalue weighted by Crippen LogP contribution is 2.21. The summed E-state index contributed by atoms with van der Waals surface area (Å²) in [6.07, 6.45) is 0. The summed E-state index contributed by atoms with van der Waals surface area (Å²) in [5, 5.41) is 0. The van der Waals surface area contributed by atoms with Crippen molar-refractivity contribution in [3.63, 3.8) is 0 Å². The first-order chi connectivity index (χ1) is 9.06. The summed E-state index contributed by atoms with van der Waals surface area (Å²) in [6, 6.07) is 13.8. The van der Waals surface area contributed by atoms with E-state index in [1.807, 2.05) is 49.4 Å². The Morgan fingerprint density at radius 1 is 1.21 bits per heavy atom. The van der Waals surface area contributed by atoms with Gasteiger partial charge in [0.25, 0.3) is 0 Å². The van der Waals surface area contributed by atoms with E-state index in [0.29, 0.717) is 11.6 Å². The van der Waals surface area contributed by atoms with Gasteiger partial charge in [0.05, 0.1) is 0 Å². The molecule has 2 N–H and O–H groups in total. The summed E-state index contributed by atoms with van der Waals surface area (Å²) in [5.74, 6) is 0.813. The predicted octanol–water partition coefficient (Wildman–Crippen LogP) is 3.97. The van der Waals surface area contributed by atoms with Gasteiger partial charge in [-0.1, -0.05) is 52.4 Å². The lowest BCUT2D eigenvalue weighted by molar-refractivity contribution is 0.304. The zero-order chi connectivity index (χ0) is 13.8. The van der Waals surface area contributed by atoms with Crippen LogP contribution in [-0.4, -0.2) is 4.99 Å². The molecule has 0 aliphatic heterocycles. The topological polar surface area (TPSA) is 35.2 Å². The standard InChI is InChI=1S/C15H14BrNOS/c1-10-2-5-12(15(17)19)8-14(10)18-9-11-3-6-13(16)7-4-11/h2-8H,9H2,1H3,(H2,17,19). The van der Waals surface area contributed by atoms with Gasteiger partial charge in [-0.05, 0) is 36.2 Å². The Kier molecular flexibility index (Phi) is 4.56. The molecule has 0 saturated carbocycles. The van der Waals surface area contributed by atoms with Crippen LogP contribution in [0.1, 0.15) is 16.7 Å². The summed E-state index contributed by atoms with van der Waals surface area (Å²) in [4.78, 5) is 0.383. The Hall–Kier alpha value is -1.39. The molecule has 0 radical (unpaired) electrons. The zero-order valence-electron chi connectivity index (χ0n) is 10.5. The minimum absolute atomic E-state index is 0.383. The molecule has 0 spiro atoms. The number of halogens is 1. The van der Waals surface area contributed by atoms with Crippen molar-refractivity contribution in [2.75, 3.05) is 0 Å². The van der Waals surface area contributed by atoms with E-state index < -0.39 is 0 Å². The molecule has 2 rings (SSSR count). The number of nitrogens with two attached hydrogens (primary N) is 1. The summed E-state index contributed by atoms with van der Waals surface area (Å²) in [7, 11) is 0. The van der Waals surface area contributed by atoms with Crippen LogP contribution in [-0.2, 0) is 6.61 Å². The second-order valence-corrected chi connectivity index (χ2v) is 5.62. The van der Waals surface area contributed by atoms with Crippen molar-refractivity contribution in [3.8, 4) is 5.75 Å². The highest BCUT2D eigenvalue weighted by atomic mass is 79.9. The Bertz CT molecular complexity index is 596. The minimum Gasteiger partial charge on any atom is -0.489 e. The van der Waals surface area contributed by atoms with Gasteiger partial charge in [0, 0.05) is 10.0 Å². The first-order valence-electron chi connectivity index (χ1n) is 5.84. The number of hydrogen-bond acceptors (Lipinski definition) is 2. The average Bonchev–Trinajstić information content (AvgIpc) is 2.39. The minimum atomic E-state index is 0.383. The van der Waals surface area contributed by atoms with Gasteiger partial charge >= 0.3 is 0 Å². The molecule has 4 heteroatoms. The molecule has 0 fully saturated rings. The fourth-order valence-corrected chi connectivity index (χ4v) is 2.04. The largest absolute Gasteiger partial charge is 0.489 e. The van der Waals surface area contributed by atoms with Crippen LogP contribution in [0.15, 0.2) is 46.9 Å². The Labute approximate surface area is 126 Å². The fourth-order valence-electron chi connectivity index (χ4n) is 1.65. The Balaban J connectivity index is 2.12. The summed E-state index contributed by atoms with van der Waals surface area (Å²) >= 11 is 8.38. The third-order valence-corrected chi connectivity index (χ3v) is 3.54.